The number of amides is 1. The second-order valence-corrected chi connectivity index (χ2v) is 10.7. The molecule has 1 aliphatic rings. The van der Waals surface area contributed by atoms with E-state index < -0.39 is 22.2 Å². The Balaban J connectivity index is 2.01. The highest BCUT2D eigenvalue weighted by molar-refractivity contribution is 7.89. The summed E-state index contributed by atoms with van der Waals surface area (Å²) >= 11 is 0. The van der Waals surface area contributed by atoms with Gasteiger partial charge in [0.1, 0.15) is 16.7 Å². The number of nitrogens with zero attached hydrogens (tertiary/aromatic N) is 3. The molecule has 1 aliphatic heterocycles. The number of sulfonamides is 1. The fourth-order valence-electron chi connectivity index (χ4n) is 3.87. The summed E-state index contributed by atoms with van der Waals surface area (Å²) in [6.07, 6.45) is 4.27. The third-order valence-electron chi connectivity index (χ3n) is 5.98. The topological polar surface area (TPSA) is 100 Å². The van der Waals surface area contributed by atoms with Crippen LogP contribution in [0.3, 0.4) is 0 Å². The summed E-state index contributed by atoms with van der Waals surface area (Å²) in [4.78, 5) is 18.5. The minimum absolute atomic E-state index is 0.0250. The maximum absolute atomic E-state index is 13.5. The Labute approximate surface area is 208 Å². The number of hydrogen-bond donors (Lipinski definition) is 1. The second-order valence-electron chi connectivity index (χ2n) is 8.88. The van der Waals surface area contributed by atoms with Crippen molar-refractivity contribution in [3.8, 4) is 17.6 Å². The third kappa shape index (κ3) is 6.20. The number of ether oxygens (including phenoxy) is 1. The second kappa shape index (κ2) is 11.7. The predicted molar refractivity (Wildman–Crippen MR) is 133 cm³/mol. The highest BCUT2D eigenvalue weighted by atomic mass is 32.2. The molecule has 8 nitrogen and oxygen atoms in total. The minimum Gasteiger partial charge on any atom is -0.487 e. The first-order valence-electron chi connectivity index (χ1n) is 11.8. The number of likely N-dealkylation sites (N-methyl/N-ethyl adjacent to an activating group) is 1. The third-order valence-corrected chi connectivity index (χ3v) is 8.00. The number of pyridine rings is 1. The van der Waals surface area contributed by atoms with Crippen molar-refractivity contribution in [3.05, 3.63) is 53.9 Å². The van der Waals surface area contributed by atoms with Gasteiger partial charge in [0.25, 0.3) is 5.91 Å². The van der Waals surface area contributed by atoms with Gasteiger partial charge in [0.15, 0.2) is 0 Å². The molecule has 0 saturated heterocycles. The maximum atomic E-state index is 13.5. The molecule has 0 fully saturated rings. The van der Waals surface area contributed by atoms with Crippen LogP contribution < -0.4 is 4.74 Å². The molecule has 0 unspecified atom stereocenters. The number of carbonyl (C=O) groups excluding carboxylic acids is 1. The number of fused-ring (bicyclic) bond motifs is 1. The lowest BCUT2D eigenvalue weighted by atomic mass is 10.0. The summed E-state index contributed by atoms with van der Waals surface area (Å²) in [6.45, 7) is 5.66. The van der Waals surface area contributed by atoms with Crippen molar-refractivity contribution >= 4 is 15.9 Å². The van der Waals surface area contributed by atoms with Crippen molar-refractivity contribution in [2.75, 3.05) is 26.7 Å². The van der Waals surface area contributed by atoms with Gasteiger partial charge in [-0.1, -0.05) is 25.7 Å². The van der Waals surface area contributed by atoms with Gasteiger partial charge in [0.05, 0.1) is 18.7 Å². The molecule has 2 heterocycles. The summed E-state index contributed by atoms with van der Waals surface area (Å²) in [7, 11) is -2.25. The maximum Gasteiger partial charge on any atom is 0.255 e. The Bertz CT molecular complexity index is 1190. The predicted octanol–water partition coefficient (Wildman–Crippen LogP) is 2.77. The summed E-state index contributed by atoms with van der Waals surface area (Å²) in [5.74, 6) is 5.85. The summed E-state index contributed by atoms with van der Waals surface area (Å²) < 4.78 is 34.7. The van der Waals surface area contributed by atoms with E-state index in [9.17, 15) is 18.3 Å². The van der Waals surface area contributed by atoms with Gasteiger partial charge >= 0.3 is 0 Å². The molecular formula is C26H33N3O5S. The van der Waals surface area contributed by atoms with Crippen LogP contribution in [-0.2, 0) is 10.0 Å². The lowest BCUT2D eigenvalue weighted by Crippen LogP contribution is -2.50. The average molecular weight is 500 g/mol. The van der Waals surface area contributed by atoms with E-state index in [1.165, 1.54) is 16.6 Å². The lowest BCUT2D eigenvalue weighted by Gasteiger charge is -2.37. The molecule has 0 bridgehead atoms. The van der Waals surface area contributed by atoms with Gasteiger partial charge in [-0.15, -0.1) is 0 Å². The SMILES string of the molecule is CCCC#Cc1ccc2c(c1)O[C@@H](CN(C)C(=O)c1cccnc1)[C@H](C)CN([C@@H](C)CO)S2(=O)=O. The molecule has 2 aromatic rings. The zero-order chi connectivity index (χ0) is 25.6. The highest BCUT2D eigenvalue weighted by Gasteiger charge is 2.38. The molecule has 3 atom stereocenters. The van der Waals surface area contributed by atoms with Crippen molar-refractivity contribution in [1.29, 1.82) is 0 Å². The Morgan fingerprint density at radius 3 is 2.80 bits per heavy atom. The van der Waals surface area contributed by atoms with Crippen LogP contribution in [-0.4, -0.2) is 72.5 Å². The van der Waals surface area contributed by atoms with Crippen LogP contribution in [0.1, 0.15) is 49.5 Å². The van der Waals surface area contributed by atoms with Gasteiger partial charge in [-0.05, 0) is 43.7 Å². The summed E-state index contributed by atoms with van der Waals surface area (Å²) in [5, 5.41) is 9.78. The van der Waals surface area contributed by atoms with E-state index >= 15 is 0 Å². The molecule has 1 aromatic carbocycles. The van der Waals surface area contributed by atoms with Crippen molar-refractivity contribution < 1.29 is 23.1 Å². The molecule has 1 N–H and O–H groups in total. The molecule has 0 radical (unpaired) electrons. The molecule has 0 aliphatic carbocycles. The van der Waals surface area contributed by atoms with Crippen molar-refractivity contribution in [2.45, 2.75) is 50.7 Å². The molecule has 188 valence electrons. The lowest BCUT2D eigenvalue weighted by molar-refractivity contribution is 0.0563. The van der Waals surface area contributed by atoms with Crippen LogP contribution in [0, 0.1) is 17.8 Å². The number of unbranched alkanes of at least 4 members (excludes halogenated alkanes) is 1. The van der Waals surface area contributed by atoms with Crippen LogP contribution in [0.2, 0.25) is 0 Å². The molecule has 1 aromatic heterocycles. The van der Waals surface area contributed by atoms with Gasteiger partial charge in [0.2, 0.25) is 10.0 Å². The highest BCUT2D eigenvalue weighted by Crippen LogP contribution is 2.34. The van der Waals surface area contributed by atoms with E-state index in [2.05, 4.69) is 16.8 Å². The molecule has 0 saturated carbocycles. The fraction of sp³-hybridized carbons (Fsp3) is 0.462. The van der Waals surface area contributed by atoms with E-state index in [-0.39, 0.29) is 42.2 Å². The molecule has 1 amide bonds. The Morgan fingerprint density at radius 1 is 1.37 bits per heavy atom. The van der Waals surface area contributed by atoms with Crippen LogP contribution in [0.25, 0.3) is 0 Å². The number of benzene rings is 1. The Hall–Kier alpha value is -2.93. The summed E-state index contributed by atoms with van der Waals surface area (Å²) in [5.41, 5.74) is 1.11. The van der Waals surface area contributed by atoms with Gasteiger partial charge in [-0.25, -0.2) is 8.42 Å². The minimum atomic E-state index is -3.93. The molecular weight excluding hydrogens is 466 g/mol. The van der Waals surface area contributed by atoms with Crippen molar-refractivity contribution in [3.63, 3.8) is 0 Å². The molecule has 35 heavy (non-hydrogen) atoms. The number of aliphatic hydroxyl groups is 1. The number of rotatable bonds is 6. The first-order valence-corrected chi connectivity index (χ1v) is 13.2. The van der Waals surface area contributed by atoms with Crippen molar-refractivity contribution in [2.24, 2.45) is 5.92 Å². The van der Waals surface area contributed by atoms with E-state index in [0.29, 0.717) is 11.1 Å². The first kappa shape index (κ1) is 26.7. The Kier molecular flexibility index (Phi) is 8.89. The zero-order valence-corrected chi connectivity index (χ0v) is 21.5. The van der Waals surface area contributed by atoms with E-state index in [1.807, 2.05) is 13.8 Å². The van der Waals surface area contributed by atoms with E-state index in [0.717, 1.165) is 12.8 Å². The standard InChI is InChI=1S/C26H33N3O5S/c1-5-6-7-9-21-11-12-25-23(14-21)34-24(17-28(4)26(31)22-10-8-13-27-15-22)19(2)16-29(20(3)18-30)35(25,32)33/h8,10-15,19-20,24,30H,5-6,16-18H2,1-4H3/t19-,20+,24+/m1/s1. The van der Waals surface area contributed by atoms with Crippen LogP contribution in [0.5, 0.6) is 5.75 Å². The number of aliphatic hydroxyl groups excluding tert-OH is 1. The molecule has 9 heteroatoms. The zero-order valence-electron chi connectivity index (χ0n) is 20.6. The number of hydrogen-bond acceptors (Lipinski definition) is 6. The monoisotopic (exact) mass is 499 g/mol. The fourth-order valence-corrected chi connectivity index (χ4v) is 5.70. The average Bonchev–Trinajstić information content (AvgIpc) is 2.85. The quantitative estimate of drug-likeness (QED) is 0.614. The first-order chi connectivity index (χ1) is 16.7. The number of carbonyl (C=O) groups is 1. The van der Waals surface area contributed by atoms with Gasteiger partial charge in [-0.2, -0.15) is 4.31 Å². The number of aromatic nitrogens is 1. The normalized spacial score (nSPS) is 20.3. The van der Waals surface area contributed by atoms with Gasteiger partial charge in [0, 0.05) is 49.9 Å². The van der Waals surface area contributed by atoms with Crippen LogP contribution in [0.15, 0.2) is 47.6 Å². The van der Waals surface area contributed by atoms with Crippen LogP contribution in [0.4, 0.5) is 0 Å². The summed E-state index contributed by atoms with van der Waals surface area (Å²) in [6, 6.07) is 7.60. The van der Waals surface area contributed by atoms with Crippen LogP contribution >= 0.6 is 0 Å². The molecule has 0 spiro atoms. The smallest absolute Gasteiger partial charge is 0.255 e. The largest absolute Gasteiger partial charge is 0.487 e. The van der Waals surface area contributed by atoms with E-state index in [1.54, 1.807) is 49.3 Å². The molecule has 3 rings (SSSR count). The van der Waals surface area contributed by atoms with Crippen molar-refractivity contribution in [1.82, 2.24) is 14.2 Å². The Morgan fingerprint density at radius 2 is 2.14 bits per heavy atom. The van der Waals surface area contributed by atoms with Gasteiger partial charge in [-0.3, -0.25) is 9.78 Å². The van der Waals surface area contributed by atoms with Gasteiger partial charge < -0.3 is 14.7 Å². The van der Waals surface area contributed by atoms with E-state index in [4.69, 9.17) is 4.74 Å².